The third-order valence-electron chi connectivity index (χ3n) is 1.72. The van der Waals surface area contributed by atoms with Gasteiger partial charge in [0.05, 0.1) is 17.9 Å². The fourth-order valence-electron chi connectivity index (χ4n) is 1.16. The van der Waals surface area contributed by atoms with Crippen molar-refractivity contribution in [3.63, 3.8) is 0 Å². The summed E-state index contributed by atoms with van der Waals surface area (Å²) in [4.78, 5) is 0. The quantitative estimate of drug-likeness (QED) is 0.829. The fourth-order valence-corrected chi connectivity index (χ4v) is 2.12. The fraction of sp³-hybridized carbons (Fsp3) is 0.333. The molecule has 0 aliphatic carbocycles. The molecule has 0 saturated heterocycles. The van der Waals surface area contributed by atoms with Gasteiger partial charge in [-0.2, -0.15) is 0 Å². The van der Waals surface area contributed by atoms with Crippen molar-refractivity contribution < 1.29 is 18.3 Å². The van der Waals surface area contributed by atoms with Gasteiger partial charge in [0.1, 0.15) is 11.5 Å². The summed E-state index contributed by atoms with van der Waals surface area (Å²) >= 11 is 0. The number of halogens is 1. The Morgan fingerprint density at radius 1 is 1.47 bits per heavy atom. The van der Waals surface area contributed by atoms with Crippen LogP contribution in [0.4, 0.5) is 0 Å². The van der Waals surface area contributed by atoms with E-state index in [0.29, 0.717) is 12.4 Å². The van der Waals surface area contributed by atoms with Gasteiger partial charge in [0.2, 0.25) is 9.05 Å². The van der Waals surface area contributed by atoms with Gasteiger partial charge in [0, 0.05) is 10.7 Å². The third-order valence-corrected chi connectivity index (χ3v) is 2.69. The van der Waals surface area contributed by atoms with Crippen molar-refractivity contribution in [2.24, 2.45) is 0 Å². The highest BCUT2D eigenvalue weighted by Gasteiger charge is 2.15. The lowest BCUT2D eigenvalue weighted by Gasteiger charge is -2.10. The van der Waals surface area contributed by atoms with Gasteiger partial charge in [0.25, 0.3) is 0 Å². The molecule has 4 nitrogen and oxygen atoms in total. The van der Waals surface area contributed by atoms with Crippen molar-refractivity contribution in [2.75, 3.05) is 6.61 Å². The predicted molar refractivity (Wildman–Crippen MR) is 57.8 cm³/mol. The van der Waals surface area contributed by atoms with Crippen LogP contribution in [-0.4, -0.2) is 20.1 Å². The van der Waals surface area contributed by atoms with Crippen LogP contribution in [0.2, 0.25) is 0 Å². The molecule has 1 aromatic rings. The number of hydrogen-bond acceptors (Lipinski definition) is 4. The van der Waals surface area contributed by atoms with Crippen molar-refractivity contribution in [1.29, 1.82) is 0 Å². The zero-order chi connectivity index (χ0) is 11.5. The van der Waals surface area contributed by atoms with Crippen LogP contribution >= 0.6 is 10.7 Å². The molecule has 0 aromatic heterocycles. The molecular weight excluding hydrogens is 240 g/mol. The van der Waals surface area contributed by atoms with E-state index in [0.717, 1.165) is 0 Å². The molecule has 0 saturated carbocycles. The number of rotatable bonds is 4. The van der Waals surface area contributed by atoms with E-state index in [2.05, 4.69) is 0 Å². The standard InChI is InChI=1S/C9H11ClO4S/c1-2-14-9-5-3-4-8(11)7(9)6-15(10,12)13/h3-5,11H,2,6H2,1H3. The maximum absolute atomic E-state index is 10.9. The first-order valence-corrected chi connectivity index (χ1v) is 6.78. The summed E-state index contributed by atoms with van der Waals surface area (Å²) in [6.07, 6.45) is 0. The molecule has 1 rings (SSSR count). The second-order valence-corrected chi connectivity index (χ2v) is 5.65. The Kier molecular flexibility index (Phi) is 3.82. The van der Waals surface area contributed by atoms with Crippen LogP contribution in [0.3, 0.4) is 0 Å². The third kappa shape index (κ3) is 3.60. The van der Waals surface area contributed by atoms with Crippen LogP contribution in [0.25, 0.3) is 0 Å². The molecule has 0 bridgehead atoms. The van der Waals surface area contributed by atoms with Crippen molar-refractivity contribution >= 4 is 19.7 Å². The maximum Gasteiger partial charge on any atom is 0.237 e. The van der Waals surface area contributed by atoms with Crippen LogP contribution in [0.15, 0.2) is 18.2 Å². The molecule has 0 fully saturated rings. The molecule has 0 aliphatic heterocycles. The van der Waals surface area contributed by atoms with Gasteiger partial charge in [0.15, 0.2) is 0 Å². The predicted octanol–water partition coefficient (Wildman–Crippen LogP) is 1.86. The Morgan fingerprint density at radius 3 is 2.67 bits per heavy atom. The second-order valence-electron chi connectivity index (χ2n) is 2.87. The molecule has 0 amide bonds. The van der Waals surface area contributed by atoms with E-state index in [1.54, 1.807) is 19.1 Å². The van der Waals surface area contributed by atoms with E-state index in [-0.39, 0.29) is 11.3 Å². The molecule has 6 heteroatoms. The first-order chi connectivity index (χ1) is 6.94. The molecule has 0 radical (unpaired) electrons. The smallest absolute Gasteiger partial charge is 0.237 e. The maximum atomic E-state index is 10.9. The lowest BCUT2D eigenvalue weighted by molar-refractivity contribution is 0.334. The van der Waals surface area contributed by atoms with Crippen molar-refractivity contribution in [3.8, 4) is 11.5 Å². The van der Waals surface area contributed by atoms with E-state index in [1.807, 2.05) is 0 Å². The van der Waals surface area contributed by atoms with Gasteiger partial charge < -0.3 is 9.84 Å². The molecular formula is C9H11ClO4S. The molecule has 0 atom stereocenters. The zero-order valence-electron chi connectivity index (χ0n) is 8.10. The largest absolute Gasteiger partial charge is 0.507 e. The second kappa shape index (κ2) is 4.72. The first kappa shape index (κ1) is 12.1. The highest BCUT2D eigenvalue weighted by molar-refractivity contribution is 8.13. The molecule has 1 aromatic carbocycles. The highest BCUT2D eigenvalue weighted by Crippen LogP contribution is 2.30. The van der Waals surface area contributed by atoms with Gasteiger partial charge in [-0.1, -0.05) is 6.07 Å². The number of aromatic hydroxyl groups is 1. The summed E-state index contributed by atoms with van der Waals surface area (Å²) in [5.41, 5.74) is 0.189. The monoisotopic (exact) mass is 250 g/mol. The molecule has 0 aliphatic rings. The van der Waals surface area contributed by atoms with Crippen LogP contribution in [0, 0.1) is 0 Å². The molecule has 1 N–H and O–H groups in total. The SMILES string of the molecule is CCOc1cccc(O)c1CS(=O)(=O)Cl. The van der Waals surface area contributed by atoms with Gasteiger partial charge in [-0.25, -0.2) is 8.42 Å². The Morgan fingerprint density at radius 2 is 2.13 bits per heavy atom. The minimum atomic E-state index is -3.71. The number of benzene rings is 1. The van der Waals surface area contributed by atoms with Gasteiger partial charge in [-0.3, -0.25) is 0 Å². The Bertz CT molecular complexity index is 441. The number of ether oxygens (including phenoxy) is 1. The minimum Gasteiger partial charge on any atom is -0.507 e. The summed E-state index contributed by atoms with van der Waals surface area (Å²) < 4.78 is 27.0. The Balaban J connectivity index is 3.13. The lowest BCUT2D eigenvalue weighted by atomic mass is 10.2. The topological polar surface area (TPSA) is 63.6 Å². The summed E-state index contributed by atoms with van der Waals surface area (Å²) in [5.74, 6) is -0.247. The summed E-state index contributed by atoms with van der Waals surface area (Å²) in [5, 5.41) is 9.48. The van der Waals surface area contributed by atoms with E-state index < -0.39 is 14.8 Å². The van der Waals surface area contributed by atoms with Crippen LogP contribution < -0.4 is 4.74 Å². The average Bonchev–Trinajstić information content (AvgIpc) is 2.10. The lowest BCUT2D eigenvalue weighted by Crippen LogP contribution is -2.01. The van der Waals surface area contributed by atoms with E-state index in [4.69, 9.17) is 15.4 Å². The number of phenolic OH excluding ortho intramolecular Hbond substituents is 1. The molecule has 15 heavy (non-hydrogen) atoms. The Labute approximate surface area is 92.9 Å². The molecule has 0 spiro atoms. The van der Waals surface area contributed by atoms with Crippen molar-refractivity contribution in [1.82, 2.24) is 0 Å². The first-order valence-electron chi connectivity index (χ1n) is 4.30. The van der Waals surface area contributed by atoms with Crippen LogP contribution in [-0.2, 0) is 14.8 Å². The minimum absolute atomic E-state index is 0.134. The van der Waals surface area contributed by atoms with E-state index >= 15 is 0 Å². The van der Waals surface area contributed by atoms with E-state index in [9.17, 15) is 13.5 Å². The summed E-state index contributed by atoms with van der Waals surface area (Å²) in [7, 11) is 1.41. The zero-order valence-corrected chi connectivity index (χ0v) is 9.68. The number of hydrogen-bond donors (Lipinski definition) is 1. The molecule has 0 heterocycles. The van der Waals surface area contributed by atoms with Gasteiger partial charge in [-0.15, -0.1) is 0 Å². The average molecular weight is 251 g/mol. The summed E-state index contributed by atoms with van der Waals surface area (Å²) in [6.45, 7) is 2.15. The van der Waals surface area contributed by atoms with Crippen LogP contribution in [0.1, 0.15) is 12.5 Å². The van der Waals surface area contributed by atoms with E-state index in [1.165, 1.54) is 6.07 Å². The Hall–Kier alpha value is -0.940. The molecule has 0 unspecified atom stereocenters. The van der Waals surface area contributed by atoms with Gasteiger partial charge in [-0.05, 0) is 19.1 Å². The highest BCUT2D eigenvalue weighted by atomic mass is 35.7. The van der Waals surface area contributed by atoms with Gasteiger partial charge >= 0.3 is 0 Å². The van der Waals surface area contributed by atoms with Crippen molar-refractivity contribution in [3.05, 3.63) is 23.8 Å². The van der Waals surface area contributed by atoms with Crippen LogP contribution in [0.5, 0.6) is 11.5 Å². The normalized spacial score (nSPS) is 11.3. The van der Waals surface area contributed by atoms with Crippen molar-refractivity contribution in [2.45, 2.75) is 12.7 Å². The summed E-state index contributed by atoms with van der Waals surface area (Å²) in [6, 6.07) is 4.55. The molecule has 84 valence electrons. The number of phenols is 1.